The molecule has 2 N–H and O–H groups in total. The Labute approximate surface area is 121 Å². The van der Waals surface area contributed by atoms with Gasteiger partial charge in [-0.3, -0.25) is 9.78 Å². The van der Waals surface area contributed by atoms with Gasteiger partial charge in [0.1, 0.15) is 0 Å². The molecule has 0 aliphatic carbocycles. The van der Waals surface area contributed by atoms with Crippen molar-refractivity contribution in [2.45, 2.75) is 39.7 Å². The minimum Gasteiger partial charge on any atom is -0.352 e. The quantitative estimate of drug-likeness (QED) is 0.864. The van der Waals surface area contributed by atoms with Gasteiger partial charge in [-0.1, -0.05) is 6.92 Å². The molecular weight excluding hydrogens is 250 g/mol. The van der Waals surface area contributed by atoms with E-state index in [4.69, 9.17) is 0 Å². The van der Waals surface area contributed by atoms with E-state index in [0.717, 1.165) is 18.7 Å². The summed E-state index contributed by atoms with van der Waals surface area (Å²) in [5.41, 5.74) is 2.26. The number of nitrogens with zero attached hydrogens (tertiary/aromatic N) is 1. The maximum Gasteiger partial charge on any atom is 0.220 e. The van der Waals surface area contributed by atoms with Gasteiger partial charge in [0.15, 0.2) is 0 Å². The van der Waals surface area contributed by atoms with Crippen molar-refractivity contribution in [1.29, 1.82) is 0 Å². The molecule has 2 atom stereocenters. The summed E-state index contributed by atoms with van der Waals surface area (Å²) in [7, 11) is 0. The molecule has 0 saturated carbocycles. The van der Waals surface area contributed by atoms with Crippen LogP contribution in [0.3, 0.4) is 0 Å². The third-order valence-electron chi connectivity index (χ3n) is 4.27. The van der Waals surface area contributed by atoms with Gasteiger partial charge >= 0.3 is 0 Å². The maximum atomic E-state index is 12.0. The summed E-state index contributed by atoms with van der Waals surface area (Å²) in [4.78, 5) is 16.1. The van der Waals surface area contributed by atoms with E-state index in [1.54, 1.807) is 6.20 Å². The second-order valence-corrected chi connectivity index (χ2v) is 5.87. The first-order chi connectivity index (χ1) is 9.66. The first-order valence-corrected chi connectivity index (χ1v) is 7.53. The second kappa shape index (κ2) is 7.39. The van der Waals surface area contributed by atoms with E-state index in [1.807, 2.05) is 19.2 Å². The molecule has 20 heavy (non-hydrogen) atoms. The summed E-state index contributed by atoms with van der Waals surface area (Å²) in [5, 5.41) is 6.42. The SMILES string of the molecule is Cc1ccncc1CNC(=O)CC(C)C1CCCNC1. The minimum absolute atomic E-state index is 0.145. The van der Waals surface area contributed by atoms with E-state index in [9.17, 15) is 4.79 Å². The molecule has 0 aromatic carbocycles. The monoisotopic (exact) mass is 275 g/mol. The van der Waals surface area contributed by atoms with Crippen molar-refractivity contribution in [3.05, 3.63) is 29.6 Å². The Morgan fingerprint density at radius 3 is 3.15 bits per heavy atom. The molecule has 1 amide bonds. The summed E-state index contributed by atoms with van der Waals surface area (Å²) in [6, 6.07) is 1.97. The fraction of sp³-hybridized carbons (Fsp3) is 0.625. The molecule has 110 valence electrons. The zero-order chi connectivity index (χ0) is 14.4. The van der Waals surface area contributed by atoms with Crippen LogP contribution in [-0.2, 0) is 11.3 Å². The minimum atomic E-state index is 0.145. The standard InChI is InChI=1S/C16H25N3O/c1-12-5-7-18-10-15(12)11-19-16(20)8-13(2)14-4-3-6-17-9-14/h5,7,10,13-14,17H,3-4,6,8-9,11H2,1-2H3,(H,19,20). The molecule has 1 saturated heterocycles. The van der Waals surface area contributed by atoms with Gasteiger partial charge in [0, 0.05) is 25.4 Å². The lowest BCUT2D eigenvalue weighted by atomic mass is 9.85. The topological polar surface area (TPSA) is 54.0 Å². The smallest absolute Gasteiger partial charge is 0.220 e. The Morgan fingerprint density at radius 1 is 1.60 bits per heavy atom. The molecule has 1 aromatic heterocycles. The Kier molecular flexibility index (Phi) is 5.53. The van der Waals surface area contributed by atoms with Crippen LogP contribution in [0.15, 0.2) is 18.5 Å². The average Bonchev–Trinajstić information content (AvgIpc) is 2.47. The fourth-order valence-electron chi connectivity index (χ4n) is 2.77. The molecule has 0 radical (unpaired) electrons. The predicted molar refractivity (Wildman–Crippen MR) is 80.2 cm³/mol. The van der Waals surface area contributed by atoms with Crippen molar-refractivity contribution < 1.29 is 4.79 Å². The average molecular weight is 275 g/mol. The van der Waals surface area contributed by atoms with E-state index < -0.39 is 0 Å². The highest BCUT2D eigenvalue weighted by atomic mass is 16.1. The van der Waals surface area contributed by atoms with Gasteiger partial charge in [0.05, 0.1) is 0 Å². The molecule has 2 unspecified atom stereocenters. The predicted octanol–water partition coefficient (Wildman–Crippen LogP) is 2.03. The van der Waals surface area contributed by atoms with Crippen molar-refractivity contribution in [2.75, 3.05) is 13.1 Å². The van der Waals surface area contributed by atoms with E-state index in [2.05, 4.69) is 22.5 Å². The van der Waals surface area contributed by atoms with E-state index in [0.29, 0.717) is 24.8 Å². The molecular formula is C16H25N3O. The first-order valence-electron chi connectivity index (χ1n) is 7.53. The van der Waals surface area contributed by atoms with Crippen LogP contribution in [0.4, 0.5) is 0 Å². The van der Waals surface area contributed by atoms with Crippen molar-refractivity contribution in [3.8, 4) is 0 Å². The van der Waals surface area contributed by atoms with Crippen molar-refractivity contribution in [2.24, 2.45) is 11.8 Å². The van der Waals surface area contributed by atoms with Crippen LogP contribution in [0, 0.1) is 18.8 Å². The van der Waals surface area contributed by atoms with Crippen LogP contribution in [0.1, 0.15) is 37.3 Å². The highest BCUT2D eigenvalue weighted by molar-refractivity contribution is 5.76. The van der Waals surface area contributed by atoms with Gasteiger partial charge in [0.25, 0.3) is 0 Å². The molecule has 0 spiro atoms. The lowest BCUT2D eigenvalue weighted by Crippen LogP contribution is -2.35. The summed E-state index contributed by atoms with van der Waals surface area (Å²) in [5.74, 6) is 1.22. The molecule has 1 aromatic rings. The van der Waals surface area contributed by atoms with E-state index in [-0.39, 0.29) is 5.91 Å². The summed E-state index contributed by atoms with van der Waals surface area (Å²) < 4.78 is 0. The maximum absolute atomic E-state index is 12.0. The Balaban J connectivity index is 1.76. The zero-order valence-corrected chi connectivity index (χ0v) is 12.5. The number of pyridine rings is 1. The zero-order valence-electron chi connectivity index (χ0n) is 12.5. The van der Waals surface area contributed by atoms with E-state index in [1.165, 1.54) is 18.4 Å². The molecule has 0 bridgehead atoms. The number of amides is 1. The second-order valence-electron chi connectivity index (χ2n) is 5.87. The number of carbonyl (C=O) groups excluding carboxylic acids is 1. The highest BCUT2D eigenvalue weighted by Gasteiger charge is 2.21. The fourth-order valence-corrected chi connectivity index (χ4v) is 2.77. The molecule has 2 heterocycles. The lowest BCUT2D eigenvalue weighted by molar-refractivity contribution is -0.122. The number of rotatable bonds is 5. The Morgan fingerprint density at radius 2 is 2.45 bits per heavy atom. The Hall–Kier alpha value is -1.42. The number of carbonyl (C=O) groups is 1. The van der Waals surface area contributed by atoms with Crippen LogP contribution >= 0.6 is 0 Å². The number of nitrogens with one attached hydrogen (secondary N) is 2. The van der Waals surface area contributed by atoms with Gasteiger partial charge in [-0.15, -0.1) is 0 Å². The van der Waals surface area contributed by atoms with Crippen molar-refractivity contribution >= 4 is 5.91 Å². The number of hydrogen-bond donors (Lipinski definition) is 2. The Bertz CT molecular complexity index is 441. The normalized spacial score (nSPS) is 20.4. The van der Waals surface area contributed by atoms with Gasteiger partial charge < -0.3 is 10.6 Å². The highest BCUT2D eigenvalue weighted by Crippen LogP contribution is 2.22. The third-order valence-corrected chi connectivity index (χ3v) is 4.27. The summed E-state index contributed by atoms with van der Waals surface area (Å²) >= 11 is 0. The molecule has 4 nitrogen and oxygen atoms in total. The van der Waals surface area contributed by atoms with Crippen molar-refractivity contribution in [1.82, 2.24) is 15.6 Å². The largest absolute Gasteiger partial charge is 0.352 e. The van der Waals surface area contributed by atoms with Crippen molar-refractivity contribution in [3.63, 3.8) is 0 Å². The summed E-state index contributed by atoms with van der Waals surface area (Å²) in [6.07, 6.45) is 6.68. The van der Waals surface area contributed by atoms with Gasteiger partial charge in [-0.05, 0) is 61.9 Å². The van der Waals surface area contributed by atoms with Gasteiger partial charge in [-0.25, -0.2) is 0 Å². The van der Waals surface area contributed by atoms with E-state index >= 15 is 0 Å². The molecule has 4 heteroatoms. The molecule has 1 aliphatic heterocycles. The lowest BCUT2D eigenvalue weighted by Gasteiger charge is -2.28. The van der Waals surface area contributed by atoms with Gasteiger partial charge in [-0.2, -0.15) is 0 Å². The van der Waals surface area contributed by atoms with Crippen LogP contribution in [0.25, 0.3) is 0 Å². The number of aryl methyl sites for hydroxylation is 1. The molecule has 1 fully saturated rings. The van der Waals surface area contributed by atoms with Crippen LogP contribution in [-0.4, -0.2) is 24.0 Å². The molecule has 1 aliphatic rings. The van der Waals surface area contributed by atoms with Crippen LogP contribution in [0.5, 0.6) is 0 Å². The molecule has 2 rings (SSSR count). The van der Waals surface area contributed by atoms with Crippen LogP contribution in [0.2, 0.25) is 0 Å². The number of hydrogen-bond acceptors (Lipinski definition) is 3. The third kappa shape index (κ3) is 4.30. The van der Waals surface area contributed by atoms with Crippen LogP contribution < -0.4 is 10.6 Å². The first kappa shape index (κ1) is 15.0. The number of aromatic nitrogens is 1. The summed E-state index contributed by atoms with van der Waals surface area (Å²) in [6.45, 7) is 6.98. The number of piperidine rings is 1. The van der Waals surface area contributed by atoms with Gasteiger partial charge in [0.2, 0.25) is 5.91 Å².